The number of nitrogens with one attached hydrogen (secondary N) is 3. The second-order valence-corrected chi connectivity index (χ2v) is 7.91. The molecule has 178 valence electrons. The predicted molar refractivity (Wildman–Crippen MR) is 112 cm³/mol. The summed E-state index contributed by atoms with van der Waals surface area (Å²) in [4.78, 5) is 26.3. The minimum atomic E-state index is -0.732. The van der Waals surface area contributed by atoms with Crippen LogP contribution in [0.2, 0.25) is 0 Å². The number of carbonyl (C=O) groups is 2. The molecule has 9 nitrogen and oxygen atoms in total. The summed E-state index contributed by atoms with van der Waals surface area (Å²) in [7, 11) is 0. The zero-order valence-corrected chi connectivity index (χ0v) is 17.8. The number of hydrogen-bond acceptors (Lipinski definition) is 6. The van der Waals surface area contributed by atoms with Crippen LogP contribution in [0.3, 0.4) is 0 Å². The third kappa shape index (κ3) is 7.37. The van der Waals surface area contributed by atoms with Gasteiger partial charge in [-0.2, -0.15) is 0 Å². The third-order valence-corrected chi connectivity index (χ3v) is 5.54. The first-order valence-electron chi connectivity index (χ1n) is 10.8. The van der Waals surface area contributed by atoms with Crippen molar-refractivity contribution in [3.63, 3.8) is 0 Å². The Kier molecular flexibility index (Phi) is 9.15. The molecule has 3 amide bonds. The van der Waals surface area contributed by atoms with Gasteiger partial charge in [-0.3, -0.25) is 9.69 Å². The Hall–Kier alpha value is -2.34. The van der Waals surface area contributed by atoms with E-state index in [9.17, 15) is 23.5 Å². The summed E-state index contributed by atoms with van der Waals surface area (Å²) in [6.45, 7) is 2.96. The zero-order chi connectivity index (χ0) is 22.9. The van der Waals surface area contributed by atoms with E-state index in [-0.39, 0.29) is 43.4 Å². The fourth-order valence-corrected chi connectivity index (χ4v) is 3.83. The number of aliphatic hydroxyl groups is 1. The van der Waals surface area contributed by atoms with Crippen LogP contribution >= 0.6 is 0 Å². The standard InChI is InChI=1S/C21H30F2N4O5/c22-14-1-3-16(23)18(11-14)26-21(30)24-6-5-15-2-4-17(19(13-28)32-15)25-20(29)12-27-7-9-31-10-8-27/h1,3,11,15,17,19,28H,2,4-10,12-13H2,(H,25,29)(H2,24,26,30)/t15-,17-,19-/m0/s1. The number of rotatable bonds is 8. The molecule has 3 atom stereocenters. The number of ether oxygens (including phenoxy) is 2. The SMILES string of the molecule is O=C(CN1CCOCC1)N[C@H]1CC[C@@H](CCNC(=O)Nc2cc(F)ccc2F)O[C@H]1CO. The highest BCUT2D eigenvalue weighted by Crippen LogP contribution is 2.22. The van der Waals surface area contributed by atoms with Crippen LogP contribution in [0.5, 0.6) is 0 Å². The molecule has 2 heterocycles. The van der Waals surface area contributed by atoms with Crippen LogP contribution in [-0.2, 0) is 14.3 Å². The average molecular weight is 456 g/mol. The van der Waals surface area contributed by atoms with Gasteiger partial charge in [0.2, 0.25) is 5.91 Å². The van der Waals surface area contributed by atoms with Gasteiger partial charge in [0.25, 0.3) is 0 Å². The molecule has 3 rings (SSSR count). The normalized spacial score (nSPS) is 24.0. The van der Waals surface area contributed by atoms with Crippen LogP contribution in [0.15, 0.2) is 18.2 Å². The van der Waals surface area contributed by atoms with Gasteiger partial charge < -0.3 is 30.5 Å². The first-order chi connectivity index (χ1) is 15.4. The van der Waals surface area contributed by atoms with E-state index in [2.05, 4.69) is 16.0 Å². The molecule has 2 fully saturated rings. The summed E-state index contributed by atoms with van der Waals surface area (Å²) in [6, 6.07) is 1.87. The van der Waals surface area contributed by atoms with Crippen LogP contribution < -0.4 is 16.0 Å². The van der Waals surface area contributed by atoms with Gasteiger partial charge >= 0.3 is 6.03 Å². The number of carbonyl (C=O) groups excluding carboxylic acids is 2. The molecule has 4 N–H and O–H groups in total. The molecule has 11 heteroatoms. The summed E-state index contributed by atoms with van der Waals surface area (Å²) < 4.78 is 37.9. The lowest BCUT2D eigenvalue weighted by Gasteiger charge is -2.36. The van der Waals surface area contributed by atoms with Crippen molar-refractivity contribution in [3.8, 4) is 0 Å². The summed E-state index contributed by atoms with van der Waals surface area (Å²) >= 11 is 0. The lowest BCUT2D eigenvalue weighted by atomic mass is 9.97. The highest BCUT2D eigenvalue weighted by Gasteiger charge is 2.32. The highest BCUT2D eigenvalue weighted by molar-refractivity contribution is 5.89. The van der Waals surface area contributed by atoms with Crippen molar-refractivity contribution >= 4 is 17.6 Å². The molecule has 1 aromatic carbocycles. The van der Waals surface area contributed by atoms with E-state index in [1.165, 1.54) is 0 Å². The summed E-state index contributed by atoms with van der Waals surface area (Å²) in [5.74, 6) is -1.50. The topological polar surface area (TPSA) is 112 Å². The van der Waals surface area contributed by atoms with E-state index >= 15 is 0 Å². The van der Waals surface area contributed by atoms with Gasteiger partial charge in [-0.25, -0.2) is 13.6 Å². The quantitative estimate of drug-likeness (QED) is 0.461. The van der Waals surface area contributed by atoms with E-state index in [1.54, 1.807) is 0 Å². The fourth-order valence-electron chi connectivity index (χ4n) is 3.83. The molecule has 0 saturated carbocycles. The van der Waals surface area contributed by atoms with Crippen molar-refractivity contribution in [2.75, 3.05) is 51.3 Å². The van der Waals surface area contributed by atoms with Crippen molar-refractivity contribution < 1.29 is 33.0 Å². The van der Waals surface area contributed by atoms with E-state index in [4.69, 9.17) is 9.47 Å². The van der Waals surface area contributed by atoms with Gasteiger partial charge in [0, 0.05) is 25.7 Å². The number of aliphatic hydroxyl groups excluding tert-OH is 1. The van der Waals surface area contributed by atoms with E-state index < -0.39 is 23.8 Å². The Balaban J connectivity index is 1.37. The first kappa shape index (κ1) is 24.3. The number of urea groups is 1. The summed E-state index contributed by atoms with van der Waals surface area (Å²) in [5, 5.41) is 17.5. The van der Waals surface area contributed by atoms with Crippen LogP contribution in [0, 0.1) is 11.6 Å². The second kappa shape index (κ2) is 12.0. The monoisotopic (exact) mass is 456 g/mol. The van der Waals surface area contributed by atoms with Gasteiger partial charge in [0.1, 0.15) is 17.7 Å². The fraction of sp³-hybridized carbons (Fsp3) is 0.619. The van der Waals surface area contributed by atoms with Gasteiger partial charge in [-0.05, 0) is 31.4 Å². The molecule has 0 spiro atoms. The minimum absolute atomic E-state index is 0.111. The maximum atomic E-state index is 13.6. The molecule has 0 aliphatic carbocycles. The van der Waals surface area contributed by atoms with Gasteiger partial charge in [0.05, 0.1) is 44.2 Å². The number of anilines is 1. The van der Waals surface area contributed by atoms with Crippen LogP contribution in [0.1, 0.15) is 19.3 Å². The summed E-state index contributed by atoms with van der Waals surface area (Å²) in [5.41, 5.74) is -0.243. The largest absolute Gasteiger partial charge is 0.394 e. The van der Waals surface area contributed by atoms with Crippen molar-refractivity contribution in [1.29, 1.82) is 0 Å². The first-order valence-corrected chi connectivity index (χ1v) is 10.8. The number of nitrogens with zero attached hydrogens (tertiary/aromatic N) is 1. The van der Waals surface area contributed by atoms with Crippen molar-refractivity contribution in [2.24, 2.45) is 0 Å². The molecule has 0 unspecified atom stereocenters. The number of hydrogen-bond donors (Lipinski definition) is 4. The molecular formula is C21H30F2N4O5. The predicted octanol–water partition coefficient (Wildman–Crippen LogP) is 0.833. The molecule has 0 bridgehead atoms. The Morgan fingerprint density at radius 1 is 1.19 bits per heavy atom. The molecule has 0 radical (unpaired) electrons. The van der Waals surface area contributed by atoms with Crippen molar-refractivity contribution in [1.82, 2.24) is 15.5 Å². The van der Waals surface area contributed by atoms with Crippen LogP contribution in [-0.4, -0.2) is 86.2 Å². The molecule has 32 heavy (non-hydrogen) atoms. The number of benzene rings is 1. The lowest BCUT2D eigenvalue weighted by Crippen LogP contribution is -2.53. The Bertz CT molecular complexity index is 779. The van der Waals surface area contributed by atoms with Crippen LogP contribution in [0.4, 0.5) is 19.3 Å². The number of amides is 3. The van der Waals surface area contributed by atoms with E-state index in [0.717, 1.165) is 18.2 Å². The Morgan fingerprint density at radius 3 is 2.72 bits per heavy atom. The Morgan fingerprint density at radius 2 is 1.97 bits per heavy atom. The van der Waals surface area contributed by atoms with Crippen molar-refractivity contribution in [2.45, 2.75) is 37.5 Å². The van der Waals surface area contributed by atoms with Crippen molar-refractivity contribution in [3.05, 3.63) is 29.8 Å². The van der Waals surface area contributed by atoms with E-state index in [1.807, 2.05) is 4.90 Å². The lowest BCUT2D eigenvalue weighted by molar-refractivity contribution is -0.130. The third-order valence-electron chi connectivity index (χ3n) is 5.54. The number of halogens is 2. The molecule has 0 aromatic heterocycles. The maximum absolute atomic E-state index is 13.6. The molecule has 1 aromatic rings. The molecule has 2 saturated heterocycles. The maximum Gasteiger partial charge on any atom is 0.319 e. The number of morpholine rings is 1. The van der Waals surface area contributed by atoms with Crippen LogP contribution in [0.25, 0.3) is 0 Å². The molecule has 2 aliphatic heterocycles. The molecular weight excluding hydrogens is 426 g/mol. The zero-order valence-electron chi connectivity index (χ0n) is 17.8. The minimum Gasteiger partial charge on any atom is -0.394 e. The second-order valence-electron chi connectivity index (χ2n) is 7.91. The Labute approximate surface area is 185 Å². The van der Waals surface area contributed by atoms with Gasteiger partial charge in [-0.15, -0.1) is 0 Å². The van der Waals surface area contributed by atoms with E-state index in [0.29, 0.717) is 45.6 Å². The average Bonchev–Trinajstić information content (AvgIpc) is 2.78. The highest BCUT2D eigenvalue weighted by atomic mass is 19.1. The van der Waals surface area contributed by atoms with Gasteiger partial charge in [-0.1, -0.05) is 0 Å². The molecule has 2 aliphatic rings. The summed E-state index contributed by atoms with van der Waals surface area (Å²) in [6.07, 6.45) is 1.04. The van der Waals surface area contributed by atoms with Gasteiger partial charge in [0.15, 0.2) is 0 Å². The smallest absolute Gasteiger partial charge is 0.319 e.